The number of pyridine rings is 1. The number of aryl methyl sites for hydroxylation is 1. The number of amides is 1. The Morgan fingerprint density at radius 3 is 2.79 bits per heavy atom. The quantitative estimate of drug-likeness (QED) is 0.391. The maximum atomic E-state index is 11.8. The van der Waals surface area contributed by atoms with Gasteiger partial charge in [0.25, 0.3) is 5.91 Å². The second-order valence-corrected chi connectivity index (χ2v) is 8.02. The lowest BCUT2D eigenvalue weighted by molar-refractivity contribution is -0.115. The number of nitrogens with zero attached hydrogens (tertiary/aromatic N) is 1. The van der Waals surface area contributed by atoms with Gasteiger partial charge in [0.05, 0.1) is 10.5 Å². The van der Waals surface area contributed by atoms with Crippen molar-refractivity contribution >= 4 is 51.3 Å². The number of hydrogen-bond acceptors (Lipinski definition) is 5. The summed E-state index contributed by atoms with van der Waals surface area (Å²) in [6.45, 7) is 2.17. The van der Waals surface area contributed by atoms with E-state index in [2.05, 4.69) is 41.2 Å². The lowest BCUT2D eigenvalue weighted by Gasteiger charge is -1.97. The van der Waals surface area contributed by atoms with Crippen molar-refractivity contribution in [2.75, 3.05) is 0 Å². The Morgan fingerprint density at radius 2 is 2.07 bits per heavy atom. The molecule has 0 spiro atoms. The van der Waals surface area contributed by atoms with Gasteiger partial charge in [-0.05, 0) is 30.2 Å². The van der Waals surface area contributed by atoms with Crippen LogP contribution in [0.1, 0.15) is 35.8 Å². The smallest absolute Gasteiger partial charge is 0.263 e. The third-order valence-electron chi connectivity index (χ3n) is 4.19. The van der Waals surface area contributed by atoms with Gasteiger partial charge in [-0.15, -0.1) is 0 Å². The van der Waals surface area contributed by atoms with E-state index >= 15 is 0 Å². The molecule has 1 aliphatic heterocycles. The van der Waals surface area contributed by atoms with Gasteiger partial charge in [0.2, 0.25) is 0 Å². The van der Waals surface area contributed by atoms with Crippen LogP contribution in [0, 0.1) is 11.8 Å². The van der Waals surface area contributed by atoms with Crippen molar-refractivity contribution in [1.29, 1.82) is 0 Å². The molecule has 4 nitrogen and oxygen atoms in total. The number of benzene rings is 1. The molecule has 1 saturated heterocycles. The van der Waals surface area contributed by atoms with Crippen molar-refractivity contribution in [3.63, 3.8) is 0 Å². The molecule has 4 rings (SSSR count). The van der Waals surface area contributed by atoms with Crippen molar-refractivity contribution in [1.82, 2.24) is 10.3 Å². The number of aromatic nitrogens is 1. The van der Waals surface area contributed by atoms with Gasteiger partial charge >= 0.3 is 0 Å². The molecule has 3 heterocycles. The highest BCUT2D eigenvalue weighted by atomic mass is 32.2. The van der Waals surface area contributed by atoms with Crippen LogP contribution < -0.4 is 5.32 Å². The summed E-state index contributed by atoms with van der Waals surface area (Å²) in [5.74, 6) is 6.67. The Balaban J connectivity index is 1.64. The maximum absolute atomic E-state index is 11.8. The summed E-state index contributed by atoms with van der Waals surface area (Å²) >= 11 is 6.23. The zero-order valence-corrected chi connectivity index (χ0v) is 16.7. The van der Waals surface area contributed by atoms with E-state index in [0.29, 0.717) is 26.1 Å². The molecular weight excluding hydrogens is 388 g/mol. The van der Waals surface area contributed by atoms with Gasteiger partial charge in [-0.3, -0.25) is 9.78 Å². The van der Waals surface area contributed by atoms with Crippen molar-refractivity contribution < 1.29 is 9.21 Å². The summed E-state index contributed by atoms with van der Waals surface area (Å²) in [7, 11) is 0. The Hall–Kier alpha value is -2.88. The number of carbonyl (C=O) groups is 1. The molecule has 0 radical (unpaired) electrons. The van der Waals surface area contributed by atoms with Gasteiger partial charge in [0.1, 0.15) is 10.1 Å². The number of thiocarbonyl (C=S) groups is 1. The molecular formula is C22H16N2O2S2. The monoisotopic (exact) mass is 404 g/mol. The minimum absolute atomic E-state index is 0.208. The molecule has 1 N–H and O–H groups in total. The first-order valence-corrected chi connectivity index (χ1v) is 10.1. The SMILES string of the molecule is CCCc1ccc(C#Cc2cncc3cc(/C=C4/SC(=S)NC4=O)oc23)cc1. The van der Waals surface area contributed by atoms with Gasteiger partial charge in [0.15, 0.2) is 5.58 Å². The molecule has 0 unspecified atom stereocenters. The summed E-state index contributed by atoms with van der Waals surface area (Å²) in [6.07, 6.45) is 7.29. The zero-order chi connectivity index (χ0) is 19.5. The van der Waals surface area contributed by atoms with Gasteiger partial charge in [-0.1, -0.05) is 61.3 Å². The minimum atomic E-state index is -0.208. The van der Waals surface area contributed by atoms with E-state index < -0.39 is 0 Å². The molecule has 138 valence electrons. The van der Waals surface area contributed by atoms with Gasteiger partial charge in [0, 0.05) is 29.4 Å². The van der Waals surface area contributed by atoms with Crippen LogP contribution in [-0.2, 0) is 11.2 Å². The molecule has 3 aromatic rings. The highest BCUT2D eigenvalue weighted by Crippen LogP contribution is 2.29. The Labute approximate surface area is 172 Å². The highest BCUT2D eigenvalue weighted by Gasteiger charge is 2.22. The van der Waals surface area contributed by atoms with Crippen LogP contribution >= 0.6 is 24.0 Å². The Morgan fingerprint density at radius 1 is 1.25 bits per heavy atom. The van der Waals surface area contributed by atoms with E-state index in [-0.39, 0.29) is 5.91 Å². The molecule has 0 bridgehead atoms. The number of carbonyl (C=O) groups excluding carboxylic acids is 1. The molecule has 0 atom stereocenters. The largest absolute Gasteiger partial charge is 0.455 e. The number of rotatable bonds is 3. The third kappa shape index (κ3) is 4.01. The number of furan rings is 1. The molecule has 6 heteroatoms. The van der Waals surface area contributed by atoms with Crippen LogP contribution in [-0.4, -0.2) is 15.2 Å². The van der Waals surface area contributed by atoms with E-state index in [4.69, 9.17) is 16.6 Å². The summed E-state index contributed by atoms with van der Waals surface area (Å²) in [4.78, 5) is 16.6. The van der Waals surface area contributed by atoms with E-state index in [9.17, 15) is 4.79 Å². The lowest BCUT2D eigenvalue weighted by Crippen LogP contribution is -2.17. The van der Waals surface area contributed by atoms with Crippen LogP contribution in [0.4, 0.5) is 0 Å². The van der Waals surface area contributed by atoms with Gasteiger partial charge in [-0.2, -0.15) is 0 Å². The highest BCUT2D eigenvalue weighted by molar-refractivity contribution is 8.26. The summed E-state index contributed by atoms with van der Waals surface area (Å²) in [5, 5.41) is 3.43. The molecule has 28 heavy (non-hydrogen) atoms. The normalized spacial score (nSPS) is 15.0. The molecule has 0 saturated carbocycles. The van der Waals surface area contributed by atoms with Crippen LogP contribution in [0.5, 0.6) is 0 Å². The minimum Gasteiger partial charge on any atom is -0.455 e. The molecule has 1 aromatic carbocycles. The first-order valence-electron chi connectivity index (χ1n) is 8.86. The summed E-state index contributed by atoms with van der Waals surface area (Å²) in [6, 6.07) is 10.1. The van der Waals surface area contributed by atoms with Crippen molar-refractivity contribution in [3.8, 4) is 11.8 Å². The van der Waals surface area contributed by atoms with E-state index in [1.165, 1.54) is 17.3 Å². The first-order chi connectivity index (χ1) is 13.6. The molecule has 0 aliphatic carbocycles. The van der Waals surface area contributed by atoms with Crippen LogP contribution in [0.15, 0.2) is 52.0 Å². The first kappa shape index (κ1) is 18.5. The topological polar surface area (TPSA) is 55.1 Å². The third-order valence-corrected chi connectivity index (χ3v) is 5.35. The zero-order valence-electron chi connectivity index (χ0n) is 15.1. The number of hydrogen-bond donors (Lipinski definition) is 1. The average molecular weight is 405 g/mol. The van der Waals surface area contributed by atoms with Crippen molar-refractivity contribution in [2.24, 2.45) is 0 Å². The lowest BCUT2D eigenvalue weighted by atomic mass is 10.1. The predicted octanol–water partition coefficient (Wildman–Crippen LogP) is 4.67. The van der Waals surface area contributed by atoms with E-state index in [0.717, 1.165) is 23.8 Å². The predicted molar refractivity (Wildman–Crippen MR) is 117 cm³/mol. The molecule has 2 aromatic heterocycles. The number of thioether (sulfide) groups is 1. The van der Waals surface area contributed by atoms with Crippen LogP contribution in [0.25, 0.3) is 17.0 Å². The maximum Gasteiger partial charge on any atom is 0.263 e. The van der Waals surface area contributed by atoms with E-state index in [1.54, 1.807) is 18.5 Å². The second-order valence-electron chi connectivity index (χ2n) is 6.30. The fourth-order valence-corrected chi connectivity index (χ4v) is 3.90. The standard InChI is InChI=1S/C22H16N2O2S2/c1-2-3-14-4-6-15(7-5-14)8-9-16-12-23-13-17-10-18(26-20(16)17)11-19-21(25)24-22(27)28-19/h4-7,10-13H,2-3H2,1H3,(H,24,25,27)/b19-11+. The van der Waals surface area contributed by atoms with Crippen LogP contribution in [0.2, 0.25) is 0 Å². The average Bonchev–Trinajstić information content (AvgIpc) is 3.24. The van der Waals surface area contributed by atoms with Gasteiger partial charge in [-0.25, -0.2) is 0 Å². The van der Waals surface area contributed by atoms with Gasteiger partial charge < -0.3 is 9.73 Å². The van der Waals surface area contributed by atoms with E-state index in [1.807, 2.05) is 18.2 Å². The molecule has 1 amide bonds. The molecule has 1 aliphatic rings. The number of nitrogens with one attached hydrogen (secondary N) is 1. The summed E-state index contributed by atoms with van der Waals surface area (Å²) < 4.78 is 6.38. The Bertz CT molecular complexity index is 1160. The second kappa shape index (κ2) is 8.01. The Kier molecular flexibility index (Phi) is 5.29. The fourth-order valence-electron chi connectivity index (χ4n) is 2.88. The number of fused-ring (bicyclic) bond motifs is 1. The van der Waals surface area contributed by atoms with Crippen molar-refractivity contribution in [3.05, 3.63) is 70.1 Å². The fraction of sp³-hybridized carbons (Fsp3) is 0.136. The molecule has 1 fully saturated rings. The van der Waals surface area contributed by atoms with Crippen LogP contribution in [0.3, 0.4) is 0 Å². The summed E-state index contributed by atoms with van der Waals surface area (Å²) in [5.41, 5.74) is 3.62. The van der Waals surface area contributed by atoms with Crippen molar-refractivity contribution in [2.45, 2.75) is 19.8 Å².